The molecule has 2 nitrogen and oxygen atoms in total. The molecule has 3 heteroatoms. The van der Waals surface area contributed by atoms with E-state index in [1.54, 1.807) is 11.3 Å². The summed E-state index contributed by atoms with van der Waals surface area (Å²) in [5.74, 6) is 0. The van der Waals surface area contributed by atoms with Crippen LogP contribution < -0.4 is 0 Å². The maximum absolute atomic E-state index is 4.43. The first-order valence-electron chi connectivity index (χ1n) is 3.75. The third kappa shape index (κ3) is 1.20. The van der Waals surface area contributed by atoms with Crippen molar-refractivity contribution >= 4 is 17.6 Å². The molecule has 0 radical (unpaired) electrons. The molecule has 0 aliphatic carbocycles. The number of aromatic nitrogens is 1. The summed E-state index contributed by atoms with van der Waals surface area (Å²) in [6.07, 6.45) is 2.96. The molecule has 1 aromatic heterocycles. The van der Waals surface area contributed by atoms with Crippen molar-refractivity contribution in [3.63, 3.8) is 0 Å². The van der Waals surface area contributed by atoms with Crippen LogP contribution in [-0.2, 0) is 6.42 Å². The molecule has 2 heterocycles. The van der Waals surface area contributed by atoms with E-state index in [1.807, 2.05) is 13.1 Å². The molecule has 1 aliphatic rings. The van der Waals surface area contributed by atoms with Gasteiger partial charge in [0.05, 0.1) is 21.6 Å². The van der Waals surface area contributed by atoms with Gasteiger partial charge in [-0.05, 0) is 13.8 Å². The number of aliphatic imine (C=N–C) groups is 1. The molecular weight excluding hydrogens is 156 g/mol. The number of hydrogen-bond donors (Lipinski definition) is 0. The van der Waals surface area contributed by atoms with E-state index in [-0.39, 0.29) is 0 Å². The summed E-state index contributed by atoms with van der Waals surface area (Å²) in [5.41, 5.74) is 1.23. The summed E-state index contributed by atoms with van der Waals surface area (Å²) in [7, 11) is 0. The predicted molar refractivity (Wildman–Crippen MR) is 47.6 cm³/mol. The Morgan fingerprint density at radius 3 is 3.27 bits per heavy atom. The number of rotatable bonds is 0. The molecule has 1 atom stereocenters. The van der Waals surface area contributed by atoms with Crippen molar-refractivity contribution in [1.29, 1.82) is 0 Å². The van der Waals surface area contributed by atoms with Crippen LogP contribution in [0.5, 0.6) is 0 Å². The predicted octanol–water partition coefficient (Wildman–Crippen LogP) is 1.82. The molecule has 11 heavy (non-hydrogen) atoms. The third-order valence-electron chi connectivity index (χ3n) is 1.77. The van der Waals surface area contributed by atoms with Gasteiger partial charge in [-0.3, -0.25) is 4.99 Å². The Morgan fingerprint density at radius 1 is 1.64 bits per heavy atom. The molecule has 58 valence electrons. The Balaban J connectivity index is 2.44. The summed E-state index contributed by atoms with van der Waals surface area (Å²) in [6, 6.07) is 0.420. The van der Waals surface area contributed by atoms with E-state index in [0.29, 0.717) is 6.04 Å². The van der Waals surface area contributed by atoms with E-state index < -0.39 is 0 Å². The lowest BCUT2D eigenvalue weighted by Crippen LogP contribution is -2.10. The van der Waals surface area contributed by atoms with E-state index in [1.165, 1.54) is 10.6 Å². The van der Waals surface area contributed by atoms with Crippen LogP contribution in [0.4, 0.5) is 0 Å². The van der Waals surface area contributed by atoms with Gasteiger partial charge >= 0.3 is 0 Å². The molecule has 0 saturated carbocycles. The molecule has 2 rings (SSSR count). The van der Waals surface area contributed by atoms with Crippen LogP contribution in [0.25, 0.3) is 0 Å². The second kappa shape index (κ2) is 2.41. The minimum Gasteiger partial charge on any atom is -0.288 e. The molecule has 0 spiro atoms. The van der Waals surface area contributed by atoms with Gasteiger partial charge in [0, 0.05) is 12.6 Å². The molecule has 0 aromatic carbocycles. The Hall–Kier alpha value is -0.700. The summed E-state index contributed by atoms with van der Waals surface area (Å²) >= 11 is 1.73. The molecule has 0 bridgehead atoms. The zero-order valence-electron chi connectivity index (χ0n) is 6.66. The van der Waals surface area contributed by atoms with E-state index >= 15 is 0 Å². The fraction of sp³-hybridized carbons (Fsp3) is 0.500. The van der Waals surface area contributed by atoms with Gasteiger partial charge in [-0.25, -0.2) is 4.98 Å². The van der Waals surface area contributed by atoms with Crippen LogP contribution in [0.2, 0.25) is 0 Å². The zero-order chi connectivity index (χ0) is 7.84. The lowest BCUT2D eigenvalue weighted by atomic mass is 10.1. The topological polar surface area (TPSA) is 25.2 Å². The van der Waals surface area contributed by atoms with Crippen molar-refractivity contribution in [1.82, 2.24) is 4.98 Å². The van der Waals surface area contributed by atoms with Crippen LogP contribution >= 0.6 is 11.3 Å². The number of nitrogens with zero attached hydrogens (tertiary/aromatic N) is 2. The van der Waals surface area contributed by atoms with Crippen LogP contribution in [0.3, 0.4) is 0 Å². The Bertz CT molecular complexity index is 301. The molecule has 1 aromatic rings. The zero-order valence-corrected chi connectivity index (χ0v) is 7.48. The van der Waals surface area contributed by atoms with Crippen LogP contribution in [0, 0.1) is 6.92 Å². The largest absolute Gasteiger partial charge is 0.288 e. The van der Waals surface area contributed by atoms with Gasteiger partial charge in [0.2, 0.25) is 0 Å². The number of hydrogen-bond acceptors (Lipinski definition) is 3. The second-order valence-electron chi connectivity index (χ2n) is 2.88. The lowest BCUT2D eigenvalue weighted by molar-refractivity contribution is 0.719. The highest BCUT2D eigenvalue weighted by molar-refractivity contribution is 7.13. The normalized spacial score (nSPS) is 21.8. The average molecular weight is 166 g/mol. The standard InChI is InChI=1S/C8H10N2S/c1-5-3-7-8(4-9-5)11-6(2)10-7/h4-5H,3H2,1-2H3. The summed E-state index contributed by atoms with van der Waals surface area (Å²) in [6.45, 7) is 4.16. The van der Waals surface area contributed by atoms with Gasteiger partial charge in [-0.1, -0.05) is 0 Å². The van der Waals surface area contributed by atoms with Crippen molar-refractivity contribution in [3.8, 4) is 0 Å². The van der Waals surface area contributed by atoms with Crippen LogP contribution in [0.1, 0.15) is 22.5 Å². The lowest BCUT2D eigenvalue weighted by Gasteiger charge is -2.08. The third-order valence-corrected chi connectivity index (χ3v) is 2.72. The Morgan fingerprint density at radius 2 is 2.45 bits per heavy atom. The van der Waals surface area contributed by atoms with E-state index in [9.17, 15) is 0 Å². The second-order valence-corrected chi connectivity index (χ2v) is 4.11. The molecule has 0 saturated heterocycles. The number of thiazole rings is 1. The first kappa shape index (κ1) is 6.98. The van der Waals surface area contributed by atoms with Gasteiger partial charge < -0.3 is 0 Å². The van der Waals surface area contributed by atoms with Crippen molar-refractivity contribution in [2.75, 3.05) is 0 Å². The van der Waals surface area contributed by atoms with Gasteiger partial charge in [-0.15, -0.1) is 11.3 Å². The molecule has 1 unspecified atom stereocenters. The van der Waals surface area contributed by atoms with Crippen molar-refractivity contribution < 1.29 is 0 Å². The monoisotopic (exact) mass is 166 g/mol. The first-order valence-corrected chi connectivity index (χ1v) is 4.57. The van der Waals surface area contributed by atoms with Crippen molar-refractivity contribution in [3.05, 3.63) is 15.6 Å². The Kier molecular flexibility index (Phi) is 1.53. The van der Waals surface area contributed by atoms with Gasteiger partial charge in [0.15, 0.2) is 0 Å². The van der Waals surface area contributed by atoms with Crippen molar-refractivity contribution in [2.45, 2.75) is 26.3 Å². The minimum absolute atomic E-state index is 0.420. The van der Waals surface area contributed by atoms with E-state index in [4.69, 9.17) is 0 Å². The smallest absolute Gasteiger partial charge is 0.0904 e. The maximum Gasteiger partial charge on any atom is 0.0904 e. The minimum atomic E-state index is 0.420. The highest BCUT2D eigenvalue weighted by atomic mass is 32.1. The Labute approximate surface area is 70.0 Å². The van der Waals surface area contributed by atoms with Crippen molar-refractivity contribution in [2.24, 2.45) is 4.99 Å². The SMILES string of the molecule is Cc1nc2c(s1)C=NC(C)C2. The quantitative estimate of drug-likeness (QED) is 0.577. The number of aryl methyl sites for hydroxylation is 1. The highest BCUT2D eigenvalue weighted by Gasteiger charge is 2.14. The fourth-order valence-electron chi connectivity index (χ4n) is 1.26. The molecular formula is C8H10N2S. The van der Waals surface area contributed by atoms with E-state index in [2.05, 4.69) is 16.9 Å². The average Bonchev–Trinajstić information content (AvgIpc) is 2.27. The van der Waals surface area contributed by atoms with Gasteiger partial charge in [-0.2, -0.15) is 0 Å². The molecule has 1 aliphatic heterocycles. The molecule has 0 N–H and O–H groups in total. The van der Waals surface area contributed by atoms with E-state index in [0.717, 1.165) is 11.4 Å². The molecule has 0 fully saturated rings. The molecule has 0 amide bonds. The summed E-state index contributed by atoms with van der Waals surface area (Å²) < 4.78 is 0. The first-order chi connectivity index (χ1) is 5.25. The summed E-state index contributed by atoms with van der Waals surface area (Å²) in [5, 5.41) is 1.15. The highest BCUT2D eigenvalue weighted by Crippen LogP contribution is 2.21. The van der Waals surface area contributed by atoms with Crippen LogP contribution in [0.15, 0.2) is 4.99 Å². The van der Waals surface area contributed by atoms with Crippen LogP contribution in [-0.4, -0.2) is 17.2 Å². The van der Waals surface area contributed by atoms with Gasteiger partial charge in [0.1, 0.15) is 0 Å². The number of fused-ring (bicyclic) bond motifs is 1. The fourth-order valence-corrected chi connectivity index (χ4v) is 2.10. The maximum atomic E-state index is 4.43. The van der Waals surface area contributed by atoms with Gasteiger partial charge in [0.25, 0.3) is 0 Å². The summed E-state index contributed by atoms with van der Waals surface area (Å²) in [4.78, 5) is 10.0.